The molecule has 1 saturated heterocycles. The van der Waals surface area contributed by atoms with Crippen molar-refractivity contribution in [2.24, 2.45) is 0 Å². The van der Waals surface area contributed by atoms with Crippen molar-refractivity contribution in [1.29, 1.82) is 0 Å². The second kappa shape index (κ2) is 8.40. The highest BCUT2D eigenvalue weighted by atomic mass is 16.5. The molecule has 0 saturated carbocycles. The van der Waals surface area contributed by atoms with Crippen LogP contribution >= 0.6 is 0 Å². The molecule has 5 rings (SSSR count). The van der Waals surface area contributed by atoms with Crippen LogP contribution in [0.4, 0.5) is 5.82 Å². The molecule has 3 heterocycles. The summed E-state index contributed by atoms with van der Waals surface area (Å²) in [6.45, 7) is 6.65. The number of nitrogens with zero attached hydrogens (tertiary/aromatic N) is 5. The van der Waals surface area contributed by atoms with Gasteiger partial charge in [-0.3, -0.25) is 0 Å². The minimum atomic E-state index is 0.658. The molecule has 2 aromatic heterocycles. The molecular weight excluding hydrogens is 386 g/mol. The lowest BCUT2D eigenvalue weighted by Gasteiger charge is -2.33. The summed E-state index contributed by atoms with van der Waals surface area (Å²) in [6, 6.07) is 18.7. The Labute approximate surface area is 182 Å². The number of fused-ring (bicyclic) bond motifs is 1. The van der Waals surface area contributed by atoms with E-state index in [4.69, 9.17) is 14.7 Å². The molecule has 6 heteroatoms. The van der Waals surface area contributed by atoms with Gasteiger partial charge in [0.1, 0.15) is 17.9 Å². The molecule has 6 nitrogen and oxygen atoms in total. The number of anilines is 1. The van der Waals surface area contributed by atoms with E-state index in [1.54, 1.807) is 6.33 Å². The van der Waals surface area contributed by atoms with Crippen LogP contribution in [-0.4, -0.2) is 59.3 Å². The highest BCUT2D eigenvalue weighted by molar-refractivity contribution is 6.02. The predicted octanol–water partition coefficient (Wildman–Crippen LogP) is 4.24. The maximum Gasteiger partial charge on any atom is 0.150 e. The Balaban J connectivity index is 1.68. The average molecular weight is 414 g/mol. The molecule has 31 heavy (non-hydrogen) atoms. The van der Waals surface area contributed by atoms with Gasteiger partial charge in [0.2, 0.25) is 0 Å². The van der Waals surface area contributed by atoms with E-state index in [-0.39, 0.29) is 0 Å². The summed E-state index contributed by atoms with van der Waals surface area (Å²) in [5, 5.41) is 1.10. The molecule has 0 radical (unpaired) electrons. The second-order valence-corrected chi connectivity index (χ2v) is 7.89. The Kier molecular flexibility index (Phi) is 5.30. The fourth-order valence-corrected chi connectivity index (χ4v) is 4.21. The first kappa shape index (κ1) is 19.6. The summed E-state index contributed by atoms with van der Waals surface area (Å²) in [4.78, 5) is 14.2. The van der Waals surface area contributed by atoms with Crippen molar-refractivity contribution in [3.63, 3.8) is 0 Å². The summed E-state index contributed by atoms with van der Waals surface area (Å²) in [5.41, 5.74) is 4.30. The summed E-state index contributed by atoms with van der Waals surface area (Å²) in [6.07, 6.45) is 3.87. The summed E-state index contributed by atoms with van der Waals surface area (Å²) in [7, 11) is 2.17. The lowest BCUT2D eigenvalue weighted by molar-refractivity contribution is 0.312. The van der Waals surface area contributed by atoms with Crippen LogP contribution in [0.5, 0.6) is 5.75 Å². The zero-order chi connectivity index (χ0) is 21.2. The number of rotatable bonds is 5. The van der Waals surface area contributed by atoms with Crippen molar-refractivity contribution in [2.75, 3.05) is 44.7 Å². The maximum absolute atomic E-state index is 5.62. The van der Waals surface area contributed by atoms with Gasteiger partial charge in [0.25, 0.3) is 0 Å². The van der Waals surface area contributed by atoms with Crippen molar-refractivity contribution < 1.29 is 4.74 Å². The Morgan fingerprint density at radius 2 is 1.65 bits per heavy atom. The molecule has 0 spiro atoms. The first-order valence-electron chi connectivity index (χ1n) is 10.8. The minimum Gasteiger partial charge on any atom is -0.494 e. The third kappa shape index (κ3) is 3.75. The zero-order valence-corrected chi connectivity index (χ0v) is 18.0. The summed E-state index contributed by atoms with van der Waals surface area (Å²) >= 11 is 0. The van der Waals surface area contributed by atoms with Crippen LogP contribution in [0.1, 0.15) is 6.92 Å². The van der Waals surface area contributed by atoms with Gasteiger partial charge < -0.3 is 19.1 Å². The van der Waals surface area contributed by atoms with Crippen LogP contribution < -0.4 is 9.64 Å². The van der Waals surface area contributed by atoms with Crippen molar-refractivity contribution >= 4 is 16.9 Å². The molecule has 0 N–H and O–H groups in total. The molecule has 2 aromatic carbocycles. The van der Waals surface area contributed by atoms with Crippen LogP contribution in [0, 0.1) is 0 Å². The topological polar surface area (TPSA) is 46.4 Å². The number of hydrogen-bond donors (Lipinski definition) is 0. The molecule has 1 fully saturated rings. The lowest BCUT2D eigenvalue weighted by Crippen LogP contribution is -2.44. The van der Waals surface area contributed by atoms with Crippen molar-refractivity contribution in [3.05, 3.63) is 67.1 Å². The van der Waals surface area contributed by atoms with Gasteiger partial charge in [0, 0.05) is 43.6 Å². The van der Waals surface area contributed by atoms with E-state index in [2.05, 4.69) is 64.0 Å². The number of piperazine rings is 1. The van der Waals surface area contributed by atoms with Crippen LogP contribution in [0.25, 0.3) is 27.8 Å². The highest BCUT2D eigenvalue weighted by Gasteiger charge is 2.23. The Morgan fingerprint density at radius 1 is 0.903 bits per heavy atom. The highest BCUT2D eigenvalue weighted by Crippen LogP contribution is 2.37. The maximum atomic E-state index is 5.62. The molecule has 1 aliphatic rings. The SMILES string of the molecule is CCOc1ccc(-n2cc(-c3ccccc3)c3c(N4CCN(C)CC4)ncnc32)cc1. The Bertz CT molecular complexity index is 1160. The molecule has 0 amide bonds. The molecule has 0 aliphatic carbocycles. The van der Waals surface area contributed by atoms with E-state index in [0.29, 0.717) is 6.61 Å². The molecule has 0 unspecified atom stereocenters. The van der Waals surface area contributed by atoms with Crippen molar-refractivity contribution in [1.82, 2.24) is 19.4 Å². The Hall–Kier alpha value is -3.38. The fourth-order valence-electron chi connectivity index (χ4n) is 4.21. The molecular formula is C25H27N5O. The average Bonchev–Trinajstić information content (AvgIpc) is 3.21. The van der Waals surface area contributed by atoms with Gasteiger partial charge in [-0.25, -0.2) is 9.97 Å². The van der Waals surface area contributed by atoms with Gasteiger partial charge in [0.05, 0.1) is 12.0 Å². The number of ether oxygens (including phenoxy) is 1. The molecule has 158 valence electrons. The van der Waals surface area contributed by atoms with E-state index in [1.807, 2.05) is 25.1 Å². The first-order chi connectivity index (χ1) is 15.2. The third-order valence-corrected chi connectivity index (χ3v) is 5.88. The smallest absolute Gasteiger partial charge is 0.150 e. The van der Waals surface area contributed by atoms with Crippen LogP contribution in [0.15, 0.2) is 67.1 Å². The van der Waals surface area contributed by atoms with Crippen LogP contribution in [0.2, 0.25) is 0 Å². The van der Waals surface area contributed by atoms with Gasteiger partial charge >= 0.3 is 0 Å². The second-order valence-electron chi connectivity index (χ2n) is 7.89. The van der Waals surface area contributed by atoms with E-state index >= 15 is 0 Å². The van der Waals surface area contributed by atoms with E-state index in [0.717, 1.165) is 60.0 Å². The quantitative estimate of drug-likeness (QED) is 0.490. The van der Waals surface area contributed by atoms with Crippen LogP contribution in [-0.2, 0) is 0 Å². The fraction of sp³-hybridized carbons (Fsp3) is 0.280. The van der Waals surface area contributed by atoms with Crippen molar-refractivity contribution in [2.45, 2.75) is 6.92 Å². The third-order valence-electron chi connectivity index (χ3n) is 5.88. The zero-order valence-electron chi connectivity index (χ0n) is 18.0. The molecule has 0 atom stereocenters. The summed E-state index contributed by atoms with van der Waals surface area (Å²) < 4.78 is 7.78. The number of benzene rings is 2. The molecule has 1 aliphatic heterocycles. The number of hydrogen-bond acceptors (Lipinski definition) is 5. The standard InChI is InChI=1S/C25H27N5O/c1-3-31-21-11-9-20(10-12-21)30-17-22(19-7-5-4-6-8-19)23-24(26-18-27-25(23)30)29-15-13-28(2)14-16-29/h4-12,17-18H,3,13-16H2,1-2H3. The van der Waals surface area contributed by atoms with Gasteiger partial charge in [-0.15, -0.1) is 0 Å². The Morgan fingerprint density at radius 3 is 2.35 bits per heavy atom. The predicted molar refractivity (Wildman–Crippen MR) is 125 cm³/mol. The largest absolute Gasteiger partial charge is 0.494 e. The minimum absolute atomic E-state index is 0.658. The molecule has 4 aromatic rings. The molecule has 0 bridgehead atoms. The number of aromatic nitrogens is 3. The van der Waals surface area contributed by atoms with Crippen molar-refractivity contribution in [3.8, 4) is 22.6 Å². The van der Waals surface area contributed by atoms with E-state index < -0.39 is 0 Å². The number of likely N-dealkylation sites (N-methyl/N-ethyl adjacent to an activating group) is 1. The summed E-state index contributed by atoms with van der Waals surface area (Å²) in [5.74, 6) is 1.89. The van der Waals surface area contributed by atoms with Gasteiger partial charge in [-0.2, -0.15) is 0 Å². The van der Waals surface area contributed by atoms with E-state index in [1.165, 1.54) is 5.56 Å². The monoisotopic (exact) mass is 413 g/mol. The first-order valence-corrected chi connectivity index (χ1v) is 10.8. The van der Waals surface area contributed by atoms with E-state index in [9.17, 15) is 0 Å². The van der Waals surface area contributed by atoms with Gasteiger partial charge in [0.15, 0.2) is 5.65 Å². The van der Waals surface area contributed by atoms with Gasteiger partial charge in [-0.05, 0) is 43.8 Å². The van der Waals surface area contributed by atoms with Crippen LogP contribution in [0.3, 0.4) is 0 Å². The normalized spacial score (nSPS) is 14.8. The lowest BCUT2D eigenvalue weighted by atomic mass is 10.1. The van der Waals surface area contributed by atoms with Gasteiger partial charge in [-0.1, -0.05) is 30.3 Å².